The molecule has 204 valence electrons. The molecule has 3 aromatic rings. The van der Waals surface area contributed by atoms with Gasteiger partial charge in [-0.05, 0) is 61.6 Å². The van der Waals surface area contributed by atoms with Crippen molar-refractivity contribution in [2.45, 2.75) is 63.8 Å². The van der Waals surface area contributed by atoms with Gasteiger partial charge in [0.1, 0.15) is 5.60 Å². The zero-order chi connectivity index (χ0) is 27.3. The maximum atomic E-state index is 15.2. The van der Waals surface area contributed by atoms with Crippen LogP contribution in [-0.4, -0.2) is 31.0 Å². The molecule has 1 heterocycles. The van der Waals surface area contributed by atoms with Gasteiger partial charge in [-0.15, -0.1) is 0 Å². The Morgan fingerprint density at radius 1 is 1.08 bits per heavy atom. The zero-order valence-electron chi connectivity index (χ0n) is 22.2. The number of anilines is 1. The van der Waals surface area contributed by atoms with E-state index in [4.69, 9.17) is 21.1 Å². The summed E-state index contributed by atoms with van der Waals surface area (Å²) in [5.41, 5.74) is 1.53. The molecule has 1 aliphatic rings. The number of ether oxygens (including phenoxy) is 2. The van der Waals surface area contributed by atoms with Crippen LogP contribution in [-0.2, 0) is 28.8 Å². The highest BCUT2D eigenvalue weighted by Crippen LogP contribution is 2.41. The molecule has 0 saturated carbocycles. The van der Waals surface area contributed by atoms with Crippen molar-refractivity contribution in [2.75, 3.05) is 25.1 Å². The van der Waals surface area contributed by atoms with E-state index in [9.17, 15) is 9.50 Å². The summed E-state index contributed by atoms with van der Waals surface area (Å²) in [7, 11) is 0. The summed E-state index contributed by atoms with van der Waals surface area (Å²) in [6, 6.07) is 18.0. The van der Waals surface area contributed by atoms with Crippen molar-refractivity contribution in [1.29, 1.82) is 0 Å². The van der Waals surface area contributed by atoms with Gasteiger partial charge in [-0.25, -0.2) is 8.78 Å². The topological polar surface area (TPSA) is 50.7 Å². The lowest BCUT2D eigenvalue weighted by Gasteiger charge is -2.38. The minimum absolute atomic E-state index is 0.177. The number of aliphatic hydroxyl groups excluding tert-OH is 1. The minimum Gasteiger partial charge on any atom is -0.479 e. The predicted molar refractivity (Wildman–Crippen MR) is 148 cm³/mol. The van der Waals surface area contributed by atoms with Crippen LogP contribution in [0, 0.1) is 5.82 Å². The molecule has 4 nitrogen and oxygen atoms in total. The first-order valence-electron chi connectivity index (χ1n) is 13.2. The molecule has 1 aliphatic heterocycles. The highest BCUT2D eigenvalue weighted by molar-refractivity contribution is 6.31. The standard InChI is InChI=1S/C31H36ClF2NO3/c1-4-22-7-11-26(27(32)19-22)31(14-17-37-18-15-31)38-29-12-10-25(20-28(29)33)35-16-13-23-5-8-24(9-6-23)30(3,34)21(2)36/h5-12,19-21,35-36H,4,13-18H2,1-3H3. The molecule has 0 amide bonds. The molecule has 0 bridgehead atoms. The predicted octanol–water partition coefficient (Wildman–Crippen LogP) is 7.35. The third kappa shape index (κ3) is 6.31. The molecule has 7 heteroatoms. The highest BCUT2D eigenvalue weighted by atomic mass is 35.5. The summed E-state index contributed by atoms with van der Waals surface area (Å²) < 4.78 is 41.8. The van der Waals surface area contributed by atoms with Crippen LogP contribution in [0.2, 0.25) is 5.02 Å². The van der Waals surface area contributed by atoms with Crippen LogP contribution in [0.25, 0.3) is 0 Å². The van der Waals surface area contributed by atoms with Crippen LogP contribution in [0.4, 0.5) is 14.5 Å². The number of hydrogen-bond donors (Lipinski definition) is 2. The molecular weight excluding hydrogens is 508 g/mol. The normalized spacial score (nSPS) is 17.4. The number of halogens is 3. The van der Waals surface area contributed by atoms with Crippen LogP contribution in [0.1, 0.15) is 55.9 Å². The largest absolute Gasteiger partial charge is 0.479 e. The molecule has 2 atom stereocenters. The first-order valence-corrected chi connectivity index (χ1v) is 13.6. The van der Waals surface area contributed by atoms with Gasteiger partial charge >= 0.3 is 0 Å². The van der Waals surface area contributed by atoms with Crippen LogP contribution >= 0.6 is 11.6 Å². The number of aliphatic hydroxyl groups is 1. The second-order valence-corrected chi connectivity index (χ2v) is 10.6. The Bertz CT molecular complexity index is 1220. The Labute approximate surface area is 228 Å². The second-order valence-electron chi connectivity index (χ2n) is 10.1. The molecule has 1 fully saturated rings. The van der Waals surface area contributed by atoms with Gasteiger partial charge < -0.3 is 19.9 Å². The molecule has 0 spiro atoms. The van der Waals surface area contributed by atoms with E-state index in [0.29, 0.717) is 55.3 Å². The third-order valence-electron chi connectivity index (χ3n) is 7.52. The van der Waals surface area contributed by atoms with Gasteiger partial charge in [0.05, 0.1) is 19.3 Å². The molecular formula is C31H36ClF2NO3. The van der Waals surface area contributed by atoms with Gasteiger partial charge in [0.2, 0.25) is 0 Å². The Hall–Kier alpha value is -2.67. The Morgan fingerprint density at radius 3 is 2.37 bits per heavy atom. The number of nitrogens with one attached hydrogen (secondary N) is 1. The molecule has 0 aromatic heterocycles. The van der Waals surface area contributed by atoms with Gasteiger partial charge in [-0.2, -0.15) is 0 Å². The van der Waals surface area contributed by atoms with E-state index in [2.05, 4.69) is 12.2 Å². The van der Waals surface area contributed by atoms with Crippen molar-refractivity contribution in [2.24, 2.45) is 0 Å². The summed E-state index contributed by atoms with van der Waals surface area (Å²) in [5, 5.41) is 13.5. The molecule has 38 heavy (non-hydrogen) atoms. The average Bonchev–Trinajstić information content (AvgIpc) is 2.91. The van der Waals surface area contributed by atoms with Crippen LogP contribution < -0.4 is 10.1 Å². The zero-order valence-corrected chi connectivity index (χ0v) is 23.0. The minimum atomic E-state index is -1.80. The lowest BCUT2D eigenvalue weighted by atomic mass is 9.85. The average molecular weight is 544 g/mol. The van der Waals surface area contributed by atoms with Crippen LogP contribution in [0.15, 0.2) is 60.7 Å². The van der Waals surface area contributed by atoms with Crippen molar-refractivity contribution >= 4 is 17.3 Å². The fourth-order valence-corrected chi connectivity index (χ4v) is 5.14. The number of aryl methyl sites for hydroxylation is 1. The van der Waals surface area contributed by atoms with E-state index in [1.807, 2.05) is 30.3 Å². The van der Waals surface area contributed by atoms with E-state index in [-0.39, 0.29) is 5.75 Å². The Kier molecular flexibility index (Phi) is 8.96. The van der Waals surface area contributed by atoms with Crippen molar-refractivity contribution in [3.05, 3.63) is 93.8 Å². The lowest BCUT2D eigenvalue weighted by Crippen LogP contribution is -2.39. The monoisotopic (exact) mass is 543 g/mol. The number of hydrogen-bond acceptors (Lipinski definition) is 4. The van der Waals surface area contributed by atoms with E-state index in [1.165, 1.54) is 19.9 Å². The van der Waals surface area contributed by atoms with Gasteiger partial charge in [-0.3, -0.25) is 0 Å². The fraction of sp³-hybridized carbons (Fsp3) is 0.419. The van der Waals surface area contributed by atoms with Crippen molar-refractivity contribution in [3.8, 4) is 5.75 Å². The highest BCUT2D eigenvalue weighted by Gasteiger charge is 2.39. The van der Waals surface area contributed by atoms with E-state index >= 15 is 4.39 Å². The summed E-state index contributed by atoms with van der Waals surface area (Å²) in [6.07, 6.45) is 1.61. The summed E-state index contributed by atoms with van der Waals surface area (Å²) in [4.78, 5) is 0. The van der Waals surface area contributed by atoms with Crippen molar-refractivity contribution < 1.29 is 23.4 Å². The smallest absolute Gasteiger partial charge is 0.167 e. The van der Waals surface area contributed by atoms with Crippen molar-refractivity contribution in [3.63, 3.8) is 0 Å². The van der Waals surface area contributed by atoms with Crippen LogP contribution in [0.5, 0.6) is 5.75 Å². The van der Waals surface area contributed by atoms with Crippen LogP contribution in [0.3, 0.4) is 0 Å². The summed E-state index contributed by atoms with van der Waals surface area (Å²) in [6.45, 7) is 6.48. The lowest BCUT2D eigenvalue weighted by molar-refractivity contribution is -0.0517. The summed E-state index contributed by atoms with van der Waals surface area (Å²) >= 11 is 6.66. The number of alkyl halides is 1. The first kappa shape index (κ1) is 28.3. The molecule has 3 aromatic carbocycles. The van der Waals surface area contributed by atoms with Gasteiger partial charge in [0, 0.05) is 41.7 Å². The molecule has 1 saturated heterocycles. The number of rotatable bonds is 10. The van der Waals surface area contributed by atoms with E-state index in [1.54, 1.807) is 24.3 Å². The van der Waals surface area contributed by atoms with E-state index in [0.717, 1.165) is 23.1 Å². The molecule has 0 aliphatic carbocycles. The second kappa shape index (κ2) is 12.0. The first-order chi connectivity index (χ1) is 18.1. The van der Waals surface area contributed by atoms with Gasteiger partial charge in [0.25, 0.3) is 0 Å². The summed E-state index contributed by atoms with van der Waals surface area (Å²) in [5.74, 6) is -0.275. The SMILES string of the molecule is CCc1ccc(C2(Oc3ccc(NCCc4ccc(C(C)(F)C(C)O)cc4)cc3F)CCOCC2)c(Cl)c1. The van der Waals surface area contributed by atoms with Gasteiger partial charge in [0.15, 0.2) is 17.2 Å². The van der Waals surface area contributed by atoms with E-state index < -0.39 is 23.2 Å². The number of benzene rings is 3. The molecule has 2 N–H and O–H groups in total. The molecule has 4 rings (SSSR count). The fourth-order valence-electron chi connectivity index (χ4n) is 4.77. The van der Waals surface area contributed by atoms with Gasteiger partial charge in [-0.1, -0.05) is 54.9 Å². The third-order valence-corrected chi connectivity index (χ3v) is 7.83. The maximum Gasteiger partial charge on any atom is 0.167 e. The quantitative estimate of drug-likeness (QED) is 0.281. The Balaban J connectivity index is 1.42. The van der Waals surface area contributed by atoms with Crippen molar-refractivity contribution in [1.82, 2.24) is 0 Å². The molecule has 2 unspecified atom stereocenters. The maximum absolute atomic E-state index is 15.2. The Morgan fingerprint density at radius 2 is 1.76 bits per heavy atom. The molecule has 0 radical (unpaired) electrons.